The molecule has 0 spiro atoms. The third kappa shape index (κ3) is 7.20. The molecule has 0 aliphatic carbocycles. The van der Waals surface area contributed by atoms with Crippen LogP contribution in [0.3, 0.4) is 0 Å². The van der Waals surface area contributed by atoms with Gasteiger partial charge in [-0.1, -0.05) is 12.1 Å². The van der Waals surface area contributed by atoms with Gasteiger partial charge in [0, 0.05) is 18.8 Å². The molecule has 5 N–H and O–H groups in total. The number of hydrogen-bond donors (Lipinski definition) is 3. The summed E-state index contributed by atoms with van der Waals surface area (Å²) in [6.45, 7) is 5.81. The fraction of sp³-hybridized carbons (Fsp3) is 0.529. The molecule has 1 unspecified atom stereocenters. The second kappa shape index (κ2) is 9.97. The number of likely N-dealkylation sites (tertiary alicyclic amines) is 1. The first-order valence-corrected chi connectivity index (χ1v) is 7.96. The van der Waals surface area contributed by atoms with E-state index in [0.29, 0.717) is 0 Å². The standard InChI is InChI=1S/C17H26N4O2.2ClH/c1-17(2,19)16(23)20-14-7-5-12(6-8-14)10-21-9-3-4-13(11-21)15(18)22;;/h5-8,13H,3-4,9-11,19H2,1-2H3,(H2,18,22)(H,20,23);2*1H. The van der Waals surface area contributed by atoms with Crippen LogP contribution in [0.1, 0.15) is 32.3 Å². The molecule has 142 valence electrons. The number of nitrogens with two attached hydrogens (primary N) is 2. The molecule has 1 aliphatic heterocycles. The molecule has 8 heteroatoms. The zero-order chi connectivity index (χ0) is 17.0. The fourth-order valence-electron chi connectivity index (χ4n) is 2.68. The van der Waals surface area contributed by atoms with Crippen LogP contribution in [0.15, 0.2) is 24.3 Å². The van der Waals surface area contributed by atoms with Crippen molar-refractivity contribution in [3.8, 4) is 0 Å². The summed E-state index contributed by atoms with van der Waals surface area (Å²) in [5.41, 5.74) is 12.1. The highest BCUT2D eigenvalue weighted by Crippen LogP contribution is 2.19. The summed E-state index contributed by atoms with van der Waals surface area (Å²) in [6, 6.07) is 7.70. The van der Waals surface area contributed by atoms with E-state index in [1.165, 1.54) is 0 Å². The van der Waals surface area contributed by atoms with Crippen molar-refractivity contribution in [2.24, 2.45) is 17.4 Å². The molecule has 1 saturated heterocycles. The van der Waals surface area contributed by atoms with Crippen molar-refractivity contribution < 1.29 is 9.59 Å². The SMILES string of the molecule is CC(C)(N)C(=O)Nc1ccc(CN2CCCC(C(N)=O)C2)cc1.Cl.Cl. The van der Waals surface area contributed by atoms with Gasteiger partial charge < -0.3 is 16.8 Å². The summed E-state index contributed by atoms with van der Waals surface area (Å²) in [6.07, 6.45) is 1.87. The predicted molar refractivity (Wildman–Crippen MR) is 105 cm³/mol. The van der Waals surface area contributed by atoms with Crippen LogP contribution in [0.2, 0.25) is 0 Å². The van der Waals surface area contributed by atoms with Gasteiger partial charge >= 0.3 is 0 Å². The van der Waals surface area contributed by atoms with E-state index >= 15 is 0 Å². The number of rotatable bonds is 5. The number of nitrogens with one attached hydrogen (secondary N) is 1. The third-order valence-electron chi connectivity index (χ3n) is 4.11. The number of amides is 2. The summed E-state index contributed by atoms with van der Waals surface area (Å²) in [5.74, 6) is -0.475. The summed E-state index contributed by atoms with van der Waals surface area (Å²) in [5, 5.41) is 2.80. The topological polar surface area (TPSA) is 101 Å². The summed E-state index contributed by atoms with van der Waals surface area (Å²) >= 11 is 0. The Morgan fingerprint density at radius 1 is 1.24 bits per heavy atom. The second-order valence-electron chi connectivity index (χ2n) is 6.85. The average molecular weight is 391 g/mol. The maximum atomic E-state index is 11.8. The van der Waals surface area contributed by atoms with Gasteiger partial charge in [0.15, 0.2) is 0 Å². The zero-order valence-electron chi connectivity index (χ0n) is 14.7. The van der Waals surface area contributed by atoms with Crippen LogP contribution in [0.4, 0.5) is 5.69 Å². The van der Waals surface area contributed by atoms with E-state index in [9.17, 15) is 9.59 Å². The fourth-order valence-corrected chi connectivity index (χ4v) is 2.68. The Labute approximate surface area is 161 Å². The van der Waals surface area contributed by atoms with Crippen LogP contribution in [-0.4, -0.2) is 35.3 Å². The number of halogens is 2. The minimum Gasteiger partial charge on any atom is -0.369 e. The Bertz CT molecular complexity index is 573. The van der Waals surface area contributed by atoms with E-state index in [-0.39, 0.29) is 42.5 Å². The minimum absolute atomic E-state index is 0. The number of nitrogens with zero attached hydrogens (tertiary/aromatic N) is 1. The Kier molecular flexibility index (Phi) is 9.43. The van der Waals surface area contributed by atoms with Gasteiger partial charge in [0.2, 0.25) is 11.8 Å². The number of anilines is 1. The van der Waals surface area contributed by atoms with Gasteiger partial charge in [-0.05, 0) is 50.9 Å². The van der Waals surface area contributed by atoms with Gasteiger partial charge in [-0.3, -0.25) is 14.5 Å². The molecule has 1 aliphatic rings. The van der Waals surface area contributed by atoms with Gasteiger partial charge in [-0.25, -0.2) is 0 Å². The quantitative estimate of drug-likeness (QED) is 0.714. The number of hydrogen-bond acceptors (Lipinski definition) is 4. The molecule has 0 radical (unpaired) electrons. The molecule has 0 bridgehead atoms. The van der Waals surface area contributed by atoms with Crippen molar-refractivity contribution in [2.75, 3.05) is 18.4 Å². The largest absolute Gasteiger partial charge is 0.369 e. The zero-order valence-corrected chi connectivity index (χ0v) is 16.3. The lowest BCUT2D eigenvalue weighted by atomic mass is 9.97. The van der Waals surface area contributed by atoms with Crippen LogP contribution in [0.25, 0.3) is 0 Å². The van der Waals surface area contributed by atoms with Gasteiger partial charge in [0.05, 0.1) is 11.5 Å². The molecule has 0 saturated carbocycles. The summed E-state index contributed by atoms with van der Waals surface area (Å²) in [7, 11) is 0. The van der Waals surface area contributed by atoms with Crippen molar-refractivity contribution in [3.05, 3.63) is 29.8 Å². The highest BCUT2D eigenvalue weighted by Gasteiger charge is 2.24. The first-order chi connectivity index (χ1) is 10.8. The van der Waals surface area contributed by atoms with E-state index in [2.05, 4.69) is 10.2 Å². The van der Waals surface area contributed by atoms with Gasteiger partial charge in [-0.2, -0.15) is 0 Å². The molecule has 1 aromatic carbocycles. The number of piperidine rings is 1. The monoisotopic (exact) mass is 390 g/mol. The highest BCUT2D eigenvalue weighted by molar-refractivity contribution is 5.97. The van der Waals surface area contributed by atoms with E-state index in [0.717, 1.165) is 43.7 Å². The second-order valence-corrected chi connectivity index (χ2v) is 6.85. The molecule has 2 rings (SSSR count). The van der Waals surface area contributed by atoms with E-state index in [1.54, 1.807) is 13.8 Å². The highest BCUT2D eigenvalue weighted by atomic mass is 35.5. The lowest BCUT2D eigenvalue weighted by Gasteiger charge is -2.31. The smallest absolute Gasteiger partial charge is 0.243 e. The molecular formula is C17H28Cl2N4O2. The maximum Gasteiger partial charge on any atom is 0.243 e. The summed E-state index contributed by atoms with van der Waals surface area (Å²) in [4.78, 5) is 25.4. The number of carbonyl (C=O) groups excluding carboxylic acids is 2. The average Bonchev–Trinajstić information content (AvgIpc) is 2.48. The van der Waals surface area contributed by atoms with E-state index in [4.69, 9.17) is 11.5 Å². The Morgan fingerprint density at radius 3 is 2.36 bits per heavy atom. The molecule has 1 fully saturated rings. The first kappa shape index (κ1) is 23.7. The Morgan fingerprint density at radius 2 is 1.84 bits per heavy atom. The van der Waals surface area contributed by atoms with Crippen molar-refractivity contribution in [2.45, 2.75) is 38.8 Å². The normalized spacial score (nSPS) is 17.8. The maximum absolute atomic E-state index is 11.8. The van der Waals surface area contributed by atoms with Crippen molar-refractivity contribution >= 4 is 42.3 Å². The van der Waals surface area contributed by atoms with Crippen LogP contribution < -0.4 is 16.8 Å². The van der Waals surface area contributed by atoms with E-state index in [1.807, 2.05) is 24.3 Å². The van der Waals surface area contributed by atoms with Crippen LogP contribution in [0.5, 0.6) is 0 Å². The summed E-state index contributed by atoms with van der Waals surface area (Å²) < 4.78 is 0. The molecule has 1 aromatic rings. The molecule has 2 amide bonds. The van der Waals surface area contributed by atoms with E-state index < -0.39 is 5.54 Å². The Balaban J connectivity index is 0.00000288. The molecule has 25 heavy (non-hydrogen) atoms. The van der Waals surface area contributed by atoms with Gasteiger partial charge in [0.25, 0.3) is 0 Å². The predicted octanol–water partition coefficient (Wildman–Crippen LogP) is 1.90. The molecule has 0 aromatic heterocycles. The van der Waals surface area contributed by atoms with Gasteiger partial charge in [-0.15, -0.1) is 24.8 Å². The van der Waals surface area contributed by atoms with Crippen molar-refractivity contribution in [1.29, 1.82) is 0 Å². The molecular weight excluding hydrogens is 363 g/mol. The molecule has 1 heterocycles. The van der Waals surface area contributed by atoms with Crippen molar-refractivity contribution in [1.82, 2.24) is 4.90 Å². The van der Waals surface area contributed by atoms with Gasteiger partial charge in [0.1, 0.15) is 0 Å². The number of carbonyl (C=O) groups is 2. The van der Waals surface area contributed by atoms with Crippen LogP contribution in [-0.2, 0) is 16.1 Å². The van der Waals surface area contributed by atoms with Crippen LogP contribution in [0, 0.1) is 5.92 Å². The first-order valence-electron chi connectivity index (χ1n) is 7.96. The Hall–Kier alpha value is -1.34. The third-order valence-corrected chi connectivity index (χ3v) is 4.11. The minimum atomic E-state index is -0.907. The lowest BCUT2D eigenvalue weighted by molar-refractivity contribution is -0.123. The number of benzene rings is 1. The molecule has 6 nitrogen and oxygen atoms in total. The lowest BCUT2D eigenvalue weighted by Crippen LogP contribution is -2.45. The number of primary amides is 1. The molecule has 1 atom stereocenters. The van der Waals surface area contributed by atoms with Crippen LogP contribution >= 0.6 is 24.8 Å². The van der Waals surface area contributed by atoms with Crippen molar-refractivity contribution in [3.63, 3.8) is 0 Å².